The van der Waals surface area contributed by atoms with Crippen LogP contribution in [0.4, 0.5) is 0 Å². The van der Waals surface area contributed by atoms with E-state index in [9.17, 15) is 0 Å². The second kappa shape index (κ2) is 6.44. The summed E-state index contributed by atoms with van der Waals surface area (Å²) >= 11 is 3.37. The summed E-state index contributed by atoms with van der Waals surface area (Å²) in [7, 11) is 2.11. The molecular formula is C5H13BrN+. The molecule has 0 saturated carbocycles. The number of quaternary nitrogens is 1. The Balaban J connectivity index is 2.45. The molecule has 0 aliphatic rings. The van der Waals surface area contributed by atoms with Crippen LogP contribution >= 0.6 is 15.9 Å². The Morgan fingerprint density at radius 3 is 2.57 bits per heavy atom. The van der Waals surface area contributed by atoms with Crippen LogP contribution in [-0.4, -0.2) is 18.9 Å². The summed E-state index contributed by atoms with van der Waals surface area (Å²) in [6.45, 7) is 1.27. The number of nitrogens with two attached hydrogens (primary N) is 1. The largest absolute Gasteiger partial charge is 0.349 e. The Morgan fingerprint density at radius 2 is 2.14 bits per heavy atom. The van der Waals surface area contributed by atoms with Crippen LogP contribution in [0.3, 0.4) is 0 Å². The van der Waals surface area contributed by atoms with Crippen molar-refractivity contribution < 1.29 is 5.32 Å². The highest BCUT2D eigenvalue weighted by Crippen LogP contribution is 1.89. The Morgan fingerprint density at radius 1 is 1.43 bits per heavy atom. The van der Waals surface area contributed by atoms with Crippen molar-refractivity contribution >= 4 is 15.9 Å². The maximum Gasteiger partial charge on any atom is 0.0753 e. The standard InChI is InChI=1S/C5H12BrN/c1-7-5-3-2-4-6/h7H,2-5H2,1H3/p+1. The highest BCUT2D eigenvalue weighted by atomic mass is 79.9. The molecule has 2 N–H and O–H groups in total. The molecular weight excluding hydrogens is 154 g/mol. The average molecular weight is 167 g/mol. The monoisotopic (exact) mass is 166 g/mol. The van der Waals surface area contributed by atoms with Crippen LogP contribution in [0.15, 0.2) is 0 Å². The van der Waals surface area contributed by atoms with Gasteiger partial charge in [-0.1, -0.05) is 15.9 Å². The summed E-state index contributed by atoms with van der Waals surface area (Å²) < 4.78 is 0. The fourth-order valence-corrected chi connectivity index (χ4v) is 0.839. The van der Waals surface area contributed by atoms with Gasteiger partial charge in [0, 0.05) is 5.33 Å². The smallest absolute Gasteiger partial charge is 0.0753 e. The summed E-state index contributed by atoms with van der Waals surface area (Å²) in [5, 5.41) is 3.36. The van der Waals surface area contributed by atoms with Gasteiger partial charge in [0.25, 0.3) is 0 Å². The Kier molecular flexibility index (Phi) is 6.84. The zero-order valence-corrected chi connectivity index (χ0v) is 6.37. The number of unbranched alkanes of at least 4 members (excludes halogenated alkanes) is 1. The SMILES string of the molecule is C[NH2+]CCCCBr. The van der Waals surface area contributed by atoms with E-state index in [1.165, 1.54) is 19.4 Å². The first-order valence-electron chi connectivity index (χ1n) is 2.75. The van der Waals surface area contributed by atoms with Crippen molar-refractivity contribution in [3.8, 4) is 0 Å². The lowest BCUT2D eigenvalue weighted by molar-refractivity contribution is -0.627. The molecule has 0 radical (unpaired) electrons. The predicted molar refractivity (Wildman–Crippen MR) is 35.7 cm³/mol. The highest BCUT2D eigenvalue weighted by molar-refractivity contribution is 9.09. The van der Waals surface area contributed by atoms with Gasteiger partial charge in [-0.15, -0.1) is 0 Å². The minimum Gasteiger partial charge on any atom is -0.349 e. The second-order valence-corrected chi connectivity index (χ2v) is 2.39. The van der Waals surface area contributed by atoms with Gasteiger partial charge in [0.2, 0.25) is 0 Å². The van der Waals surface area contributed by atoms with Gasteiger partial charge in [-0.05, 0) is 12.8 Å². The van der Waals surface area contributed by atoms with Gasteiger partial charge in [-0.25, -0.2) is 0 Å². The second-order valence-electron chi connectivity index (χ2n) is 1.59. The fourth-order valence-electron chi connectivity index (χ4n) is 0.443. The van der Waals surface area contributed by atoms with Gasteiger partial charge < -0.3 is 5.32 Å². The van der Waals surface area contributed by atoms with E-state index >= 15 is 0 Å². The van der Waals surface area contributed by atoms with Gasteiger partial charge in [-0.3, -0.25) is 0 Å². The summed E-state index contributed by atoms with van der Waals surface area (Å²) in [6.07, 6.45) is 2.64. The lowest BCUT2D eigenvalue weighted by Crippen LogP contribution is -2.79. The van der Waals surface area contributed by atoms with E-state index in [2.05, 4.69) is 28.3 Å². The topological polar surface area (TPSA) is 16.6 Å². The molecule has 0 saturated heterocycles. The quantitative estimate of drug-likeness (QED) is 0.459. The molecule has 0 aliphatic heterocycles. The Bertz CT molecular complexity index is 27.3. The minimum absolute atomic E-state index is 1.15. The van der Waals surface area contributed by atoms with Crippen molar-refractivity contribution in [2.24, 2.45) is 0 Å². The molecule has 1 nitrogen and oxygen atoms in total. The molecule has 0 aromatic carbocycles. The van der Waals surface area contributed by atoms with E-state index in [1.807, 2.05) is 0 Å². The number of hydrogen-bond acceptors (Lipinski definition) is 0. The van der Waals surface area contributed by atoms with Crippen molar-refractivity contribution in [2.75, 3.05) is 18.9 Å². The van der Waals surface area contributed by atoms with Crippen molar-refractivity contribution in [3.63, 3.8) is 0 Å². The van der Waals surface area contributed by atoms with Crippen LogP contribution in [0.5, 0.6) is 0 Å². The maximum atomic E-state index is 3.37. The van der Waals surface area contributed by atoms with Crippen LogP contribution in [0.1, 0.15) is 12.8 Å². The molecule has 0 unspecified atom stereocenters. The molecule has 44 valence electrons. The van der Waals surface area contributed by atoms with Crippen LogP contribution < -0.4 is 5.32 Å². The predicted octanol–water partition coefficient (Wildman–Crippen LogP) is 0.355. The van der Waals surface area contributed by atoms with Gasteiger partial charge >= 0.3 is 0 Å². The summed E-state index contributed by atoms with van der Waals surface area (Å²) in [5.41, 5.74) is 0. The summed E-state index contributed by atoms with van der Waals surface area (Å²) in [6, 6.07) is 0. The molecule has 0 bridgehead atoms. The lowest BCUT2D eigenvalue weighted by atomic mass is 10.3. The van der Waals surface area contributed by atoms with Crippen molar-refractivity contribution in [2.45, 2.75) is 12.8 Å². The number of hydrogen-bond donors (Lipinski definition) is 1. The minimum atomic E-state index is 1.15. The molecule has 0 aromatic rings. The third-order valence-corrected chi connectivity index (χ3v) is 1.44. The van der Waals surface area contributed by atoms with Gasteiger partial charge in [0.1, 0.15) is 0 Å². The average Bonchev–Trinajstić information content (AvgIpc) is 1.69. The Hall–Kier alpha value is 0.440. The molecule has 0 fully saturated rings. The molecule has 2 heteroatoms. The van der Waals surface area contributed by atoms with Crippen LogP contribution in [0.25, 0.3) is 0 Å². The number of alkyl halides is 1. The molecule has 0 atom stereocenters. The zero-order valence-electron chi connectivity index (χ0n) is 4.78. The van der Waals surface area contributed by atoms with E-state index in [1.54, 1.807) is 0 Å². The Labute approximate surface area is 53.6 Å². The molecule has 0 spiro atoms. The van der Waals surface area contributed by atoms with Crippen LogP contribution in [0, 0.1) is 0 Å². The first kappa shape index (κ1) is 7.44. The summed E-state index contributed by atoms with van der Waals surface area (Å²) in [4.78, 5) is 0. The molecule has 0 heterocycles. The third kappa shape index (κ3) is 6.44. The fraction of sp³-hybridized carbons (Fsp3) is 1.00. The van der Waals surface area contributed by atoms with E-state index in [0.29, 0.717) is 0 Å². The van der Waals surface area contributed by atoms with E-state index in [0.717, 1.165) is 5.33 Å². The lowest BCUT2D eigenvalue weighted by Gasteiger charge is -1.89. The zero-order chi connectivity index (χ0) is 5.54. The van der Waals surface area contributed by atoms with Crippen molar-refractivity contribution in [1.29, 1.82) is 0 Å². The van der Waals surface area contributed by atoms with E-state index < -0.39 is 0 Å². The first-order chi connectivity index (χ1) is 3.41. The molecule has 0 rings (SSSR count). The van der Waals surface area contributed by atoms with Crippen molar-refractivity contribution in [1.82, 2.24) is 0 Å². The van der Waals surface area contributed by atoms with Crippen molar-refractivity contribution in [3.05, 3.63) is 0 Å². The first-order valence-corrected chi connectivity index (χ1v) is 3.87. The van der Waals surface area contributed by atoms with Crippen LogP contribution in [-0.2, 0) is 0 Å². The molecule has 7 heavy (non-hydrogen) atoms. The molecule has 0 aliphatic carbocycles. The van der Waals surface area contributed by atoms with E-state index in [-0.39, 0.29) is 0 Å². The highest BCUT2D eigenvalue weighted by Gasteiger charge is 1.82. The van der Waals surface area contributed by atoms with Gasteiger partial charge in [-0.2, -0.15) is 0 Å². The van der Waals surface area contributed by atoms with Crippen LogP contribution in [0.2, 0.25) is 0 Å². The molecule has 0 aromatic heterocycles. The summed E-state index contributed by atoms with van der Waals surface area (Å²) in [5.74, 6) is 0. The maximum absolute atomic E-state index is 3.37. The normalized spacial score (nSPS) is 9.43. The van der Waals surface area contributed by atoms with Gasteiger partial charge in [0.05, 0.1) is 13.6 Å². The van der Waals surface area contributed by atoms with Gasteiger partial charge in [0.15, 0.2) is 0 Å². The number of rotatable bonds is 4. The number of halogens is 1. The third-order valence-electron chi connectivity index (χ3n) is 0.876. The van der Waals surface area contributed by atoms with E-state index in [4.69, 9.17) is 0 Å². The molecule has 0 amide bonds.